The zero-order valence-electron chi connectivity index (χ0n) is 14.3. The van der Waals surface area contributed by atoms with Crippen LogP contribution in [0.2, 0.25) is 0 Å². The summed E-state index contributed by atoms with van der Waals surface area (Å²) in [6, 6.07) is 14.0. The number of likely N-dealkylation sites (tertiary alicyclic amines) is 1. The molecule has 0 aliphatic carbocycles. The van der Waals surface area contributed by atoms with Crippen LogP contribution in [0.4, 0.5) is 0 Å². The van der Waals surface area contributed by atoms with Gasteiger partial charge in [0.05, 0.1) is 0 Å². The number of nitrogens with zero attached hydrogens (tertiary/aromatic N) is 2. The standard InChI is InChI=1S/C21H24N2O2/c24-20(15-21(25)19-7-4-11-22-16-19)18-9-13-23(14-10-18)12-8-17-5-2-1-3-6-17/h1-7,11,15-16,18,25H,8-10,12-14H2/b21-15-. The van der Waals surface area contributed by atoms with Crippen LogP contribution in [-0.2, 0) is 11.2 Å². The van der Waals surface area contributed by atoms with E-state index in [1.165, 1.54) is 11.6 Å². The molecule has 4 heteroatoms. The molecule has 0 amide bonds. The van der Waals surface area contributed by atoms with E-state index < -0.39 is 0 Å². The Morgan fingerprint density at radius 1 is 1.16 bits per heavy atom. The van der Waals surface area contributed by atoms with E-state index in [0.717, 1.165) is 38.9 Å². The Bertz CT molecular complexity index is 705. The number of rotatable bonds is 6. The minimum atomic E-state index is 0.00427. The van der Waals surface area contributed by atoms with Crippen LogP contribution >= 0.6 is 0 Å². The zero-order chi connectivity index (χ0) is 17.5. The van der Waals surface area contributed by atoms with Gasteiger partial charge in [0.25, 0.3) is 0 Å². The van der Waals surface area contributed by atoms with Crippen LogP contribution in [0.15, 0.2) is 60.9 Å². The second-order valence-electron chi connectivity index (χ2n) is 6.53. The van der Waals surface area contributed by atoms with Crippen molar-refractivity contribution in [3.63, 3.8) is 0 Å². The number of benzene rings is 1. The molecule has 1 saturated heterocycles. The SMILES string of the molecule is O=C(/C=C(\O)c1cccnc1)C1CCN(CCc2ccccc2)CC1. The van der Waals surface area contributed by atoms with E-state index in [1.807, 2.05) is 6.07 Å². The van der Waals surface area contributed by atoms with E-state index in [4.69, 9.17) is 0 Å². The molecule has 1 aliphatic rings. The molecule has 0 atom stereocenters. The minimum absolute atomic E-state index is 0.00427. The lowest BCUT2D eigenvalue weighted by molar-refractivity contribution is -0.119. The van der Waals surface area contributed by atoms with E-state index >= 15 is 0 Å². The Kier molecular flexibility index (Phi) is 5.96. The van der Waals surface area contributed by atoms with Crippen molar-refractivity contribution in [3.05, 3.63) is 72.1 Å². The highest BCUT2D eigenvalue weighted by molar-refractivity contribution is 5.96. The van der Waals surface area contributed by atoms with Gasteiger partial charge in [-0.15, -0.1) is 0 Å². The number of hydrogen-bond donors (Lipinski definition) is 1. The Morgan fingerprint density at radius 2 is 1.92 bits per heavy atom. The van der Waals surface area contributed by atoms with Gasteiger partial charge in [-0.1, -0.05) is 30.3 Å². The van der Waals surface area contributed by atoms with Crippen molar-refractivity contribution in [1.29, 1.82) is 0 Å². The summed E-state index contributed by atoms with van der Waals surface area (Å²) in [6.07, 6.45) is 7.31. The van der Waals surface area contributed by atoms with Crippen molar-refractivity contribution in [1.82, 2.24) is 9.88 Å². The number of piperidine rings is 1. The number of ketones is 1. The van der Waals surface area contributed by atoms with Crippen LogP contribution in [0.1, 0.15) is 24.0 Å². The Labute approximate surface area is 148 Å². The quantitative estimate of drug-likeness (QED) is 0.648. The molecule has 2 heterocycles. The van der Waals surface area contributed by atoms with Gasteiger partial charge in [-0.2, -0.15) is 0 Å². The number of allylic oxidation sites excluding steroid dienone is 1. The molecule has 1 N–H and O–H groups in total. The van der Waals surface area contributed by atoms with Crippen LogP contribution in [0.3, 0.4) is 0 Å². The first kappa shape index (κ1) is 17.4. The number of carbonyl (C=O) groups excluding carboxylic acids is 1. The predicted octanol–water partition coefficient (Wildman–Crippen LogP) is 3.50. The largest absolute Gasteiger partial charge is 0.507 e. The summed E-state index contributed by atoms with van der Waals surface area (Å²) in [7, 11) is 0. The number of hydrogen-bond acceptors (Lipinski definition) is 4. The molecule has 130 valence electrons. The van der Waals surface area contributed by atoms with Gasteiger partial charge in [0.15, 0.2) is 5.78 Å². The number of pyridine rings is 1. The highest BCUT2D eigenvalue weighted by Gasteiger charge is 2.24. The summed E-state index contributed by atoms with van der Waals surface area (Å²) < 4.78 is 0. The first-order valence-electron chi connectivity index (χ1n) is 8.83. The van der Waals surface area contributed by atoms with Crippen LogP contribution in [0, 0.1) is 5.92 Å². The van der Waals surface area contributed by atoms with Gasteiger partial charge >= 0.3 is 0 Å². The van der Waals surface area contributed by atoms with Crippen molar-refractivity contribution in [2.24, 2.45) is 5.92 Å². The average molecular weight is 336 g/mol. The van der Waals surface area contributed by atoms with Gasteiger partial charge in [0.1, 0.15) is 5.76 Å². The third-order valence-electron chi connectivity index (χ3n) is 4.79. The molecule has 1 aromatic heterocycles. The van der Waals surface area contributed by atoms with Crippen LogP contribution in [0.5, 0.6) is 0 Å². The van der Waals surface area contributed by atoms with Crippen molar-refractivity contribution in [3.8, 4) is 0 Å². The second-order valence-corrected chi connectivity index (χ2v) is 6.53. The van der Waals surface area contributed by atoms with Crippen LogP contribution < -0.4 is 0 Å². The number of carbonyl (C=O) groups is 1. The van der Waals surface area contributed by atoms with Crippen LogP contribution in [-0.4, -0.2) is 40.4 Å². The molecule has 2 aromatic rings. The Hall–Kier alpha value is -2.46. The van der Waals surface area contributed by atoms with E-state index in [0.29, 0.717) is 5.56 Å². The van der Waals surface area contributed by atoms with Gasteiger partial charge in [-0.3, -0.25) is 9.78 Å². The highest BCUT2D eigenvalue weighted by Crippen LogP contribution is 2.20. The fourth-order valence-electron chi connectivity index (χ4n) is 3.22. The number of aliphatic hydroxyl groups excluding tert-OH is 1. The molecule has 1 aliphatic heterocycles. The maximum absolute atomic E-state index is 12.4. The number of aliphatic hydroxyl groups is 1. The molecule has 0 saturated carbocycles. The fraction of sp³-hybridized carbons (Fsp3) is 0.333. The van der Waals surface area contributed by atoms with Crippen molar-refractivity contribution < 1.29 is 9.90 Å². The van der Waals surface area contributed by atoms with Crippen molar-refractivity contribution in [2.75, 3.05) is 19.6 Å². The molecular formula is C21H24N2O2. The van der Waals surface area contributed by atoms with E-state index in [1.54, 1.807) is 24.5 Å². The normalized spacial score (nSPS) is 16.7. The summed E-state index contributed by atoms with van der Waals surface area (Å²) >= 11 is 0. The first-order valence-corrected chi connectivity index (χ1v) is 8.83. The summed E-state index contributed by atoms with van der Waals surface area (Å²) in [4.78, 5) is 18.8. The zero-order valence-corrected chi connectivity index (χ0v) is 14.3. The van der Waals surface area contributed by atoms with Gasteiger partial charge in [0, 0.05) is 36.5 Å². The monoisotopic (exact) mass is 336 g/mol. The third kappa shape index (κ3) is 5.00. The fourth-order valence-corrected chi connectivity index (χ4v) is 3.22. The van der Waals surface area contributed by atoms with Gasteiger partial charge < -0.3 is 10.0 Å². The van der Waals surface area contributed by atoms with E-state index in [-0.39, 0.29) is 17.5 Å². The molecular weight excluding hydrogens is 312 g/mol. The summed E-state index contributed by atoms with van der Waals surface area (Å²) in [5, 5.41) is 10.1. The van der Waals surface area contributed by atoms with Crippen LogP contribution in [0.25, 0.3) is 5.76 Å². The Balaban J connectivity index is 1.47. The molecule has 0 bridgehead atoms. The lowest BCUT2D eigenvalue weighted by Gasteiger charge is -2.30. The van der Waals surface area contributed by atoms with Gasteiger partial charge in [0.2, 0.25) is 0 Å². The summed E-state index contributed by atoms with van der Waals surface area (Å²) in [6.45, 7) is 2.90. The smallest absolute Gasteiger partial charge is 0.162 e. The summed E-state index contributed by atoms with van der Waals surface area (Å²) in [5.41, 5.74) is 1.93. The van der Waals surface area contributed by atoms with Crippen molar-refractivity contribution >= 4 is 11.5 Å². The lowest BCUT2D eigenvalue weighted by atomic mass is 9.91. The maximum atomic E-state index is 12.4. The molecule has 25 heavy (non-hydrogen) atoms. The Morgan fingerprint density at radius 3 is 2.60 bits per heavy atom. The van der Waals surface area contributed by atoms with Crippen molar-refractivity contribution in [2.45, 2.75) is 19.3 Å². The lowest BCUT2D eigenvalue weighted by Crippen LogP contribution is -2.37. The topological polar surface area (TPSA) is 53.4 Å². The molecule has 4 nitrogen and oxygen atoms in total. The number of aromatic nitrogens is 1. The van der Waals surface area contributed by atoms with E-state index in [9.17, 15) is 9.90 Å². The van der Waals surface area contributed by atoms with E-state index in [2.05, 4.69) is 34.1 Å². The summed E-state index contributed by atoms with van der Waals surface area (Å²) in [5.74, 6) is 0.0282. The van der Waals surface area contributed by atoms with Gasteiger partial charge in [-0.25, -0.2) is 0 Å². The minimum Gasteiger partial charge on any atom is -0.507 e. The molecule has 0 unspecified atom stereocenters. The maximum Gasteiger partial charge on any atom is 0.162 e. The average Bonchev–Trinajstić information content (AvgIpc) is 2.68. The predicted molar refractivity (Wildman–Crippen MR) is 99.2 cm³/mol. The molecule has 1 fully saturated rings. The van der Waals surface area contributed by atoms with Gasteiger partial charge in [-0.05, 0) is 50.0 Å². The third-order valence-corrected chi connectivity index (χ3v) is 4.79. The molecule has 0 radical (unpaired) electrons. The molecule has 0 spiro atoms. The first-order chi connectivity index (χ1) is 12.2. The molecule has 3 rings (SSSR count). The highest BCUT2D eigenvalue weighted by atomic mass is 16.3. The molecule has 1 aromatic carbocycles. The second kappa shape index (κ2) is 8.58.